The third kappa shape index (κ3) is 1.75. The van der Waals surface area contributed by atoms with E-state index in [4.69, 9.17) is 4.74 Å². The molecule has 0 aromatic heterocycles. The first-order valence-corrected chi connectivity index (χ1v) is 8.57. The summed E-state index contributed by atoms with van der Waals surface area (Å²) < 4.78 is 5.33. The van der Waals surface area contributed by atoms with Gasteiger partial charge in [0.1, 0.15) is 5.75 Å². The molecule has 2 N–H and O–H groups in total. The van der Waals surface area contributed by atoms with Crippen LogP contribution in [0.25, 0.3) is 0 Å². The zero-order valence-electron chi connectivity index (χ0n) is 13.5. The topological polar surface area (TPSA) is 49.7 Å². The van der Waals surface area contributed by atoms with E-state index in [1.807, 2.05) is 6.07 Å². The Bertz CT molecular complexity index is 598. The Morgan fingerprint density at radius 3 is 2.73 bits per heavy atom. The molecule has 22 heavy (non-hydrogen) atoms. The van der Waals surface area contributed by atoms with E-state index >= 15 is 0 Å². The average molecular weight is 302 g/mol. The summed E-state index contributed by atoms with van der Waals surface area (Å²) >= 11 is 0. The third-order valence-electron chi connectivity index (χ3n) is 7.01. The maximum absolute atomic E-state index is 11.5. The lowest BCUT2D eigenvalue weighted by molar-refractivity contribution is -0.142. The van der Waals surface area contributed by atoms with Crippen molar-refractivity contribution in [2.75, 3.05) is 7.11 Å². The number of aryl methyl sites for hydroxylation is 1. The van der Waals surface area contributed by atoms with Gasteiger partial charge >= 0.3 is 0 Å². The van der Waals surface area contributed by atoms with Crippen LogP contribution in [-0.4, -0.2) is 23.4 Å². The summed E-state index contributed by atoms with van der Waals surface area (Å²) in [5.74, 6) is 1.60. The smallest absolute Gasteiger partial charge is 0.119 e. The molecule has 0 unspecified atom stereocenters. The second kappa shape index (κ2) is 4.72. The van der Waals surface area contributed by atoms with Crippen molar-refractivity contribution in [2.45, 2.75) is 57.2 Å². The summed E-state index contributed by atoms with van der Waals surface area (Å²) in [5, 5.41) is 22.0. The Morgan fingerprint density at radius 2 is 1.95 bits per heavy atom. The first-order chi connectivity index (χ1) is 10.5. The minimum Gasteiger partial charge on any atom is -0.497 e. The van der Waals surface area contributed by atoms with E-state index in [0.717, 1.165) is 49.8 Å². The molecule has 0 saturated heterocycles. The van der Waals surface area contributed by atoms with E-state index in [1.165, 1.54) is 5.56 Å². The summed E-state index contributed by atoms with van der Waals surface area (Å²) in [7, 11) is 1.69. The van der Waals surface area contributed by atoms with Crippen LogP contribution in [0.2, 0.25) is 0 Å². The molecular weight excluding hydrogens is 276 g/mol. The number of aliphatic hydroxyl groups excluding tert-OH is 1. The van der Waals surface area contributed by atoms with Gasteiger partial charge in [0.15, 0.2) is 0 Å². The summed E-state index contributed by atoms with van der Waals surface area (Å²) in [6, 6.07) is 6.12. The predicted molar refractivity (Wildman–Crippen MR) is 84.8 cm³/mol. The Balaban J connectivity index is 1.76. The average Bonchev–Trinajstić information content (AvgIpc) is 2.82. The Morgan fingerprint density at radius 1 is 1.14 bits per heavy atom. The standard InChI is InChI=1S/C19H26O3/c1-18-9-10-19(21)14-6-4-13(22-2)11-12(14)3-5-16(19)15(18)7-8-17(18)20/h4,6,11,15-17,20-21H,3,5,7-10H2,1-2H3/t15-,16+,17+,18-,19-/m0/s1. The van der Waals surface area contributed by atoms with Crippen LogP contribution in [0.3, 0.4) is 0 Å². The zero-order valence-corrected chi connectivity index (χ0v) is 13.5. The largest absolute Gasteiger partial charge is 0.497 e. The van der Waals surface area contributed by atoms with E-state index in [-0.39, 0.29) is 17.4 Å². The molecule has 3 aliphatic rings. The summed E-state index contributed by atoms with van der Waals surface area (Å²) in [4.78, 5) is 0. The quantitative estimate of drug-likeness (QED) is 0.838. The minimum absolute atomic E-state index is 0.000863. The highest BCUT2D eigenvalue weighted by Gasteiger charge is 2.59. The van der Waals surface area contributed by atoms with Gasteiger partial charge in [0.05, 0.1) is 18.8 Å². The molecule has 0 radical (unpaired) electrons. The number of rotatable bonds is 1. The fourth-order valence-corrected chi connectivity index (χ4v) is 5.65. The van der Waals surface area contributed by atoms with Crippen molar-refractivity contribution in [1.29, 1.82) is 0 Å². The molecule has 5 atom stereocenters. The molecule has 2 fully saturated rings. The van der Waals surface area contributed by atoms with Gasteiger partial charge in [-0.05, 0) is 79.0 Å². The van der Waals surface area contributed by atoms with Crippen molar-refractivity contribution in [3.05, 3.63) is 29.3 Å². The molecule has 3 heteroatoms. The molecule has 120 valence electrons. The number of ether oxygens (including phenoxy) is 1. The van der Waals surface area contributed by atoms with Gasteiger partial charge < -0.3 is 14.9 Å². The van der Waals surface area contributed by atoms with Gasteiger partial charge in [-0.2, -0.15) is 0 Å². The molecular formula is C19H26O3. The highest BCUT2D eigenvalue weighted by atomic mass is 16.5. The third-order valence-corrected chi connectivity index (χ3v) is 7.01. The molecule has 3 aliphatic carbocycles. The van der Waals surface area contributed by atoms with Gasteiger partial charge in [-0.15, -0.1) is 0 Å². The fraction of sp³-hybridized carbons (Fsp3) is 0.684. The summed E-state index contributed by atoms with van der Waals surface area (Å²) in [5.41, 5.74) is 1.63. The van der Waals surface area contributed by atoms with Gasteiger partial charge in [-0.3, -0.25) is 0 Å². The number of aliphatic hydroxyl groups is 2. The molecule has 0 spiro atoms. The molecule has 3 nitrogen and oxygen atoms in total. The summed E-state index contributed by atoms with van der Waals surface area (Å²) in [6.07, 6.45) is 5.45. The van der Waals surface area contributed by atoms with Crippen LogP contribution in [0.4, 0.5) is 0 Å². The predicted octanol–water partition coefficient (Wildman–Crippen LogP) is 3.02. The van der Waals surface area contributed by atoms with Crippen molar-refractivity contribution in [3.8, 4) is 5.75 Å². The summed E-state index contributed by atoms with van der Waals surface area (Å²) in [6.45, 7) is 2.23. The second-order valence-electron chi connectivity index (χ2n) is 7.80. The number of fused-ring (bicyclic) bond motifs is 5. The highest BCUT2D eigenvalue weighted by molar-refractivity contribution is 5.42. The maximum atomic E-state index is 11.5. The Labute approximate surface area is 132 Å². The van der Waals surface area contributed by atoms with Crippen LogP contribution in [0, 0.1) is 17.3 Å². The van der Waals surface area contributed by atoms with Crippen molar-refractivity contribution >= 4 is 0 Å². The second-order valence-corrected chi connectivity index (χ2v) is 7.80. The normalized spacial score (nSPS) is 43.2. The van der Waals surface area contributed by atoms with Crippen molar-refractivity contribution in [3.63, 3.8) is 0 Å². The van der Waals surface area contributed by atoms with E-state index in [2.05, 4.69) is 19.1 Å². The molecule has 1 aromatic carbocycles. The first-order valence-electron chi connectivity index (χ1n) is 8.57. The van der Waals surface area contributed by atoms with Crippen molar-refractivity contribution < 1.29 is 14.9 Å². The van der Waals surface area contributed by atoms with E-state index in [0.29, 0.717) is 5.92 Å². The van der Waals surface area contributed by atoms with Crippen LogP contribution in [-0.2, 0) is 12.0 Å². The molecule has 0 bridgehead atoms. The minimum atomic E-state index is -0.714. The number of benzene rings is 1. The Hall–Kier alpha value is -1.06. The number of hydrogen-bond donors (Lipinski definition) is 2. The fourth-order valence-electron chi connectivity index (χ4n) is 5.65. The lowest BCUT2D eigenvalue weighted by atomic mass is 9.53. The van der Waals surface area contributed by atoms with Crippen LogP contribution >= 0.6 is 0 Å². The van der Waals surface area contributed by atoms with Crippen LogP contribution in [0.1, 0.15) is 50.2 Å². The van der Waals surface area contributed by atoms with Gasteiger partial charge in [0.25, 0.3) is 0 Å². The van der Waals surface area contributed by atoms with Crippen LogP contribution in [0.15, 0.2) is 18.2 Å². The number of methoxy groups -OCH3 is 1. The molecule has 0 aliphatic heterocycles. The lowest BCUT2D eigenvalue weighted by Crippen LogP contribution is -2.53. The van der Waals surface area contributed by atoms with E-state index < -0.39 is 5.60 Å². The van der Waals surface area contributed by atoms with Gasteiger partial charge in [-0.25, -0.2) is 0 Å². The molecule has 0 heterocycles. The van der Waals surface area contributed by atoms with E-state index in [1.54, 1.807) is 7.11 Å². The lowest BCUT2D eigenvalue weighted by Gasteiger charge is -2.54. The number of hydrogen-bond acceptors (Lipinski definition) is 3. The van der Waals surface area contributed by atoms with E-state index in [9.17, 15) is 10.2 Å². The first kappa shape index (κ1) is 14.5. The van der Waals surface area contributed by atoms with Gasteiger partial charge in [0.2, 0.25) is 0 Å². The van der Waals surface area contributed by atoms with Crippen LogP contribution < -0.4 is 4.74 Å². The molecule has 1 aromatic rings. The Kier molecular flexibility index (Phi) is 3.11. The molecule has 0 amide bonds. The van der Waals surface area contributed by atoms with Crippen molar-refractivity contribution in [2.24, 2.45) is 17.3 Å². The van der Waals surface area contributed by atoms with Gasteiger partial charge in [0, 0.05) is 0 Å². The highest BCUT2D eigenvalue weighted by Crippen LogP contribution is 2.62. The molecule has 2 saturated carbocycles. The van der Waals surface area contributed by atoms with Crippen molar-refractivity contribution in [1.82, 2.24) is 0 Å². The van der Waals surface area contributed by atoms with Crippen LogP contribution in [0.5, 0.6) is 5.75 Å². The zero-order chi connectivity index (χ0) is 15.5. The monoisotopic (exact) mass is 302 g/mol. The molecule has 4 rings (SSSR count). The maximum Gasteiger partial charge on any atom is 0.119 e. The SMILES string of the molecule is COc1ccc2c(c1)CC[C@@H]1[C@@H]3CC[C@@H](O)[C@@]3(C)CC[C@]21O. The van der Waals surface area contributed by atoms with Gasteiger partial charge in [-0.1, -0.05) is 13.0 Å².